The molecule has 120 valence electrons. The molecule has 0 aliphatic rings. The Labute approximate surface area is 147 Å². The molecule has 3 heteroatoms. The van der Waals surface area contributed by atoms with Gasteiger partial charge in [-0.25, -0.2) is 0 Å². The standard InChI is InChI=1S/C21H18ClNO/c22-20-14-8-7-13-18(20)21(24)23-15-19(16-9-3-1-4-10-16)17-11-5-2-6-12-17/h1-14,19H,15H2,(H,23,24). The number of rotatable bonds is 5. The fraction of sp³-hybridized carbons (Fsp3) is 0.0952. The van der Waals surface area contributed by atoms with Crippen LogP contribution in [0.25, 0.3) is 0 Å². The average Bonchev–Trinajstić information content (AvgIpc) is 2.64. The van der Waals surface area contributed by atoms with Crippen LogP contribution in [0.3, 0.4) is 0 Å². The minimum atomic E-state index is -0.155. The third-order valence-electron chi connectivity index (χ3n) is 3.99. The maximum atomic E-state index is 12.4. The van der Waals surface area contributed by atoms with Gasteiger partial charge in [0.1, 0.15) is 0 Å². The summed E-state index contributed by atoms with van der Waals surface area (Å²) in [5.74, 6) is -0.0590. The van der Waals surface area contributed by atoms with Gasteiger partial charge in [0.2, 0.25) is 0 Å². The van der Waals surface area contributed by atoms with E-state index in [0.29, 0.717) is 17.1 Å². The number of nitrogens with one attached hydrogen (secondary N) is 1. The van der Waals surface area contributed by atoms with Crippen molar-refractivity contribution < 1.29 is 4.79 Å². The first-order valence-corrected chi connectivity index (χ1v) is 8.26. The van der Waals surface area contributed by atoms with Crippen LogP contribution in [-0.2, 0) is 0 Å². The Morgan fingerprint density at radius 2 is 1.29 bits per heavy atom. The molecule has 0 saturated carbocycles. The van der Waals surface area contributed by atoms with E-state index in [9.17, 15) is 4.79 Å². The van der Waals surface area contributed by atoms with Gasteiger partial charge in [-0.1, -0.05) is 84.4 Å². The Bertz CT molecular complexity index is 763. The molecule has 3 aromatic carbocycles. The zero-order chi connectivity index (χ0) is 16.8. The van der Waals surface area contributed by atoms with Gasteiger partial charge in [0.25, 0.3) is 5.91 Å². The lowest BCUT2D eigenvalue weighted by Gasteiger charge is -2.19. The van der Waals surface area contributed by atoms with Crippen molar-refractivity contribution in [1.29, 1.82) is 0 Å². The van der Waals surface area contributed by atoms with E-state index in [0.717, 1.165) is 0 Å². The Morgan fingerprint density at radius 3 is 1.83 bits per heavy atom. The molecule has 0 unspecified atom stereocenters. The normalized spacial score (nSPS) is 10.6. The average molecular weight is 336 g/mol. The molecule has 0 saturated heterocycles. The molecule has 1 N–H and O–H groups in total. The van der Waals surface area contributed by atoms with Crippen LogP contribution in [0.1, 0.15) is 27.4 Å². The van der Waals surface area contributed by atoms with Crippen LogP contribution in [0.15, 0.2) is 84.9 Å². The van der Waals surface area contributed by atoms with Gasteiger partial charge >= 0.3 is 0 Å². The SMILES string of the molecule is O=C(NCC(c1ccccc1)c1ccccc1)c1ccccc1Cl. The lowest BCUT2D eigenvalue weighted by Crippen LogP contribution is -2.29. The van der Waals surface area contributed by atoms with Crippen LogP contribution in [0.2, 0.25) is 5.02 Å². The summed E-state index contributed by atoms with van der Waals surface area (Å²) in [6.45, 7) is 0.512. The molecular weight excluding hydrogens is 318 g/mol. The van der Waals surface area contributed by atoms with E-state index in [-0.39, 0.29) is 11.8 Å². The second-order valence-corrected chi connectivity index (χ2v) is 5.97. The van der Waals surface area contributed by atoms with Gasteiger partial charge in [0.15, 0.2) is 0 Å². The summed E-state index contributed by atoms with van der Waals surface area (Å²) in [4.78, 5) is 12.4. The van der Waals surface area contributed by atoms with E-state index in [1.165, 1.54) is 11.1 Å². The van der Waals surface area contributed by atoms with E-state index in [4.69, 9.17) is 11.6 Å². The fourth-order valence-corrected chi connectivity index (χ4v) is 2.96. The quantitative estimate of drug-likeness (QED) is 0.705. The molecule has 0 aliphatic carbocycles. The highest BCUT2D eigenvalue weighted by molar-refractivity contribution is 6.33. The van der Waals surface area contributed by atoms with Crippen molar-refractivity contribution in [1.82, 2.24) is 5.32 Å². The van der Waals surface area contributed by atoms with Crippen molar-refractivity contribution in [2.75, 3.05) is 6.54 Å². The van der Waals surface area contributed by atoms with Crippen LogP contribution < -0.4 is 5.32 Å². The van der Waals surface area contributed by atoms with Crippen molar-refractivity contribution in [3.8, 4) is 0 Å². The number of carbonyl (C=O) groups excluding carboxylic acids is 1. The summed E-state index contributed by atoms with van der Waals surface area (Å²) in [6, 6.07) is 27.5. The zero-order valence-electron chi connectivity index (χ0n) is 13.2. The Hall–Kier alpha value is -2.58. The third kappa shape index (κ3) is 3.84. The van der Waals surface area contributed by atoms with Crippen molar-refractivity contribution in [2.45, 2.75) is 5.92 Å². The highest BCUT2D eigenvalue weighted by Crippen LogP contribution is 2.24. The van der Waals surface area contributed by atoms with Crippen LogP contribution in [-0.4, -0.2) is 12.5 Å². The fourth-order valence-electron chi connectivity index (χ4n) is 2.73. The van der Waals surface area contributed by atoms with E-state index < -0.39 is 0 Å². The molecule has 3 aromatic rings. The summed E-state index contributed by atoms with van der Waals surface area (Å²) < 4.78 is 0. The zero-order valence-corrected chi connectivity index (χ0v) is 13.9. The van der Waals surface area contributed by atoms with E-state index in [1.807, 2.05) is 48.5 Å². The first kappa shape index (κ1) is 16.3. The smallest absolute Gasteiger partial charge is 0.252 e. The monoisotopic (exact) mass is 335 g/mol. The molecule has 1 amide bonds. The molecule has 24 heavy (non-hydrogen) atoms. The molecule has 0 atom stereocenters. The van der Waals surface area contributed by atoms with Crippen molar-refractivity contribution in [2.24, 2.45) is 0 Å². The predicted molar refractivity (Wildman–Crippen MR) is 98.5 cm³/mol. The minimum absolute atomic E-state index is 0.0961. The van der Waals surface area contributed by atoms with Crippen LogP contribution >= 0.6 is 11.6 Å². The number of hydrogen-bond donors (Lipinski definition) is 1. The number of amides is 1. The van der Waals surface area contributed by atoms with Gasteiger partial charge in [-0.05, 0) is 23.3 Å². The molecule has 0 spiro atoms. The summed E-state index contributed by atoms with van der Waals surface area (Å²) in [5, 5.41) is 3.48. The van der Waals surface area contributed by atoms with E-state index >= 15 is 0 Å². The lowest BCUT2D eigenvalue weighted by atomic mass is 9.91. The predicted octanol–water partition coefficient (Wildman–Crippen LogP) is 4.90. The molecule has 2 nitrogen and oxygen atoms in total. The first-order chi connectivity index (χ1) is 11.8. The molecule has 0 heterocycles. The number of hydrogen-bond acceptors (Lipinski definition) is 1. The summed E-state index contributed by atoms with van der Waals surface area (Å²) in [5.41, 5.74) is 2.84. The van der Waals surface area contributed by atoms with Gasteiger partial charge in [-0.15, -0.1) is 0 Å². The summed E-state index contributed by atoms with van der Waals surface area (Å²) in [7, 11) is 0. The number of halogens is 1. The van der Waals surface area contributed by atoms with Crippen molar-refractivity contribution in [3.63, 3.8) is 0 Å². The second kappa shape index (κ2) is 7.80. The van der Waals surface area contributed by atoms with Gasteiger partial charge in [-0.2, -0.15) is 0 Å². The van der Waals surface area contributed by atoms with Crippen LogP contribution in [0, 0.1) is 0 Å². The number of carbonyl (C=O) groups is 1. The Kier molecular flexibility index (Phi) is 5.29. The molecule has 0 aromatic heterocycles. The van der Waals surface area contributed by atoms with Crippen LogP contribution in [0.5, 0.6) is 0 Å². The minimum Gasteiger partial charge on any atom is -0.351 e. The maximum Gasteiger partial charge on any atom is 0.252 e. The first-order valence-electron chi connectivity index (χ1n) is 7.88. The molecule has 0 bridgehead atoms. The van der Waals surface area contributed by atoms with Gasteiger partial charge < -0.3 is 5.32 Å². The number of benzene rings is 3. The Balaban J connectivity index is 1.81. The molecule has 0 radical (unpaired) electrons. The lowest BCUT2D eigenvalue weighted by molar-refractivity contribution is 0.0952. The summed E-state index contributed by atoms with van der Waals surface area (Å²) in [6.07, 6.45) is 0. The van der Waals surface area contributed by atoms with Gasteiger partial charge in [0.05, 0.1) is 10.6 Å². The highest BCUT2D eigenvalue weighted by atomic mass is 35.5. The van der Waals surface area contributed by atoms with Crippen LogP contribution in [0.4, 0.5) is 0 Å². The van der Waals surface area contributed by atoms with Crippen molar-refractivity contribution >= 4 is 17.5 Å². The van der Waals surface area contributed by atoms with Crippen molar-refractivity contribution in [3.05, 3.63) is 107 Å². The Morgan fingerprint density at radius 1 is 0.792 bits per heavy atom. The third-order valence-corrected chi connectivity index (χ3v) is 4.32. The van der Waals surface area contributed by atoms with E-state index in [1.54, 1.807) is 12.1 Å². The second-order valence-electron chi connectivity index (χ2n) is 5.56. The molecule has 0 aliphatic heterocycles. The molecular formula is C21H18ClNO. The van der Waals surface area contributed by atoms with E-state index in [2.05, 4.69) is 29.6 Å². The largest absolute Gasteiger partial charge is 0.351 e. The maximum absolute atomic E-state index is 12.4. The summed E-state index contributed by atoms with van der Waals surface area (Å²) >= 11 is 6.11. The highest BCUT2D eigenvalue weighted by Gasteiger charge is 2.16. The topological polar surface area (TPSA) is 29.1 Å². The molecule has 3 rings (SSSR count). The van der Waals surface area contributed by atoms with Gasteiger partial charge in [-0.3, -0.25) is 4.79 Å². The molecule has 0 fully saturated rings. The van der Waals surface area contributed by atoms with Gasteiger partial charge in [0, 0.05) is 12.5 Å².